The van der Waals surface area contributed by atoms with Crippen molar-refractivity contribution in [2.24, 2.45) is 5.10 Å². The van der Waals surface area contributed by atoms with Gasteiger partial charge in [-0.1, -0.05) is 12.2 Å². The van der Waals surface area contributed by atoms with Crippen LogP contribution in [0, 0.1) is 18.3 Å². The third-order valence-electron chi connectivity index (χ3n) is 3.85. The number of carbonyl (C=O) groups is 1. The number of carbonyl (C=O) groups excluding carboxylic acids is 1. The van der Waals surface area contributed by atoms with Gasteiger partial charge >= 0.3 is 0 Å². The number of hydrazone groups is 1. The van der Waals surface area contributed by atoms with Gasteiger partial charge in [0, 0.05) is 36.3 Å². The zero-order chi connectivity index (χ0) is 17.8. The monoisotopic (exact) mass is 354 g/mol. The lowest BCUT2D eigenvalue weighted by Crippen LogP contribution is -2.27. The molecule has 0 spiro atoms. The zero-order valence-corrected chi connectivity index (χ0v) is 14.7. The number of hydrogen-bond donors (Lipinski definition) is 0. The molecule has 3 heterocycles. The number of aryl methyl sites for hydroxylation is 1. The lowest BCUT2D eigenvalue weighted by molar-refractivity contribution is -0.133. The minimum atomic E-state index is -0.0937. The maximum atomic E-state index is 12.5. The van der Waals surface area contributed by atoms with Gasteiger partial charge in [-0.25, -0.2) is 9.99 Å². The third kappa shape index (κ3) is 4.00. The molecular weight excluding hydrogens is 336 g/mol. The highest BCUT2D eigenvalue weighted by atomic mass is 32.1. The molecule has 0 saturated heterocycles. The number of nitrogens with zero attached hydrogens (tertiary/aromatic N) is 6. The average molecular weight is 354 g/mol. The van der Waals surface area contributed by atoms with Gasteiger partial charge in [-0.3, -0.25) is 9.48 Å². The number of allylic oxidation sites excluding steroid dienone is 1. The SMILES string of the molecule is C=C(CCC(=O)N1N=CCC1c1nc(C)cs1)Cn1cc(C#N)cn1. The smallest absolute Gasteiger partial charge is 0.243 e. The fourth-order valence-corrected chi connectivity index (χ4v) is 3.49. The molecule has 0 bridgehead atoms. The van der Waals surface area contributed by atoms with Crippen molar-refractivity contribution < 1.29 is 4.79 Å². The second-order valence-corrected chi connectivity index (χ2v) is 6.79. The van der Waals surface area contributed by atoms with E-state index in [4.69, 9.17) is 5.26 Å². The minimum Gasteiger partial charge on any atom is -0.273 e. The molecule has 0 saturated carbocycles. The lowest BCUT2D eigenvalue weighted by atomic mass is 10.1. The van der Waals surface area contributed by atoms with Gasteiger partial charge in [-0.2, -0.15) is 15.5 Å². The fraction of sp³-hybridized carbons (Fsp3) is 0.353. The van der Waals surface area contributed by atoms with E-state index in [9.17, 15) is 4.79 Å². The molecule has 2 aromatic heterocycles. The fourth-order valence-electron chi connectivity index (χ4n) is 2.60. The highest BCUT2D eigenvalue weighted by Gasteiger charge is 2.29. The van der Waals surface area contributed by atoms with Crippen LogP contribution in [0.5, 0.6) is 0 Å². The van der Waals surface area contributed by atoms with Gasteiger partial charge in [0.2, 0.25) is 5.91 Å². The van der Waals surface area contributed by atoms with E-state index in [-0.39, 0.29) is 11.9 Å². The first-order valence-electron chi connectivity index (χ1n) is 7.92. The summed E-state index contributed by atoms with van der Waals surface area (Å²) in [6, 6.07) is 1.94. The predicted octanol–water partition coefficient (Wildman–Crippen LogP) is 2.82. The van der Waals surface area contributed by atoms with Gasteiger partial charge in [0.25, 0.3) is 0 Å². The number of amides is 1. The number of hydrogen-bond acceptors (Lipinski definition) is 6. The zero-order valence-electron chi connectivity index (χ0n) is 13.9. The Kier molecular flexibility index (Phi) is 5.05. The van der Waals surface area contributed by atoms with Crippen molar-refractivity contribution in [3.8, 4) is 6.07 Å². The Balaban J connectivity index is 1.54. The van der Waals surface area contributed by atoms with Crippen LogP contribution in [0.4, 0.5) is 0 Å². The Bertz CT molecular complexity index is 859. The number of nitriles is 1. The van der Waals surface area contributed by atoms with Gasteiger partial charge in [-0.15, -0.1) is 11.3 Å². The molecule has 2 aromatic rings. The molecule has 128 valence electrons. The Labute approximate surface area is 149 Å². The van der Waals surface area contributed by atoms with Crippen LogP contribution in [0.2, 0.25) is 0 Å². The van der Waals surface area contributed by atoms with Crippen LogP contribution in [0.15, 0.2) is 35.0 Å². The second-order valence-electron chi connectivity index (χ2n) is 5.90. The minimum absolute atomic E-state index is 0.0362. The van der Waals surface area contributed by atoms with Gasteiger partial charge in [0.15, 0.2) is 0 Å². The standard InChI is InChI=1S/C17H18N6OS/c1-12(9-22-10-14(7-18)8-20-22)3-4-16(24)23-15(5-6-19-23)17-21-13(2)11-25-17/h6,8,10-11,15H,1,3-5,9H2,2H3. The summed E-state index contributed by atoms with van der Waals surface area (Å²) >= 11 is 1.56. The topological polar surface area (TPSA) is 87.2 Å². The van der Waals surface area contributed by atoms with Crippen molar-refractivity contribution in [2.75, 3.05) is 0 Å². The number of rotatable bonds is 6. The summed E-state index contributed by atoms with van der Waals surface area (Å²) in [6.07, 6.45) is 6.53. The molecule has 25 heavy (non-hydrogen) atoms. The molecule has 0 aromatic carbocycles. The van der Waals surface area contributed by atoms with E-state index in [0.717, 1.165) is 16.3 Å². The summed E-state index contributed by atoms with van der Waals surface area (Å²) in [5, 5.41) is 21.6. The largest absolute Gasteiger partial charge is 0.273 e. The Hall–Kier alpha value is -2.79. The molecule has 0 aliphatic carbocycles. The maximum absolute atomic E-state index is 12.5. The predicted molar refractivity (Wildman–Crippen MR) is 94.9 cm³/mol. The molecule has 1 unspecified atom stereocenters. The lowest BCUT2D eigenvalue weighted by Gasteiger charge is -2.20. The summed E-state index contributed by atoms with van der Waals surface area (Å²) < 4.78 is 1.65. The van der Waals surface area contributed by atoms with Gasteiger partial charge < -0.3 is 0 Å². The molecule has 0 N–H and O–H groups in total. The molecule has 1 amide bonds. The molecule has 7 nitrogen and oxygen atoms in total. The Morgan fingerprint density at radius 3 is 3.04 bits per heavy atom. The van der Waals surface area contributed by atoms with E-state index in [2.05, 4.69) is 21.8 Å². The van der Waals surface area contributed by atoms with E-state index in [1.165, 1.54) is 11.2 Å². The van der Waals surface area contributed by atoms with Crippen LogP contribution >= 0.6 is 11.3 Å². The van der Waals surface area contributed by atoms with Crippen LogP contribution in [0.25, 0.3) is 0 Å². The molecule has 3 rings (SSSR count). The van der Waals surface area contributed by atoms with Gasteiger partial charge in [-0.05, 0) is 13.3 Å². The van der Waals surface area contributed by atoms with Crippen molar-refractivity contribution in [1.29, 1.82) is 5.26 Å². The molecule has 0 fully saturated rings. The van der Waals surface area contributed by atoms with E-state index < -0.39 is 0 Å². The quantitative estimate of drug-likeness (QED) is 0.746. The summed E-state index contributed by atoms with van der Waals surface area (Å²) in [5.74, 6) is -0.0362. The molecule has 1 atom stereocenters. The van der Waals surface area contributed by atoms with Crippen molar-refractivity contribution in [1.82, 2.24) is 19.8 Å². The normalized spacial score (nSPS) is 16.2. The first-order chi connectivity index (χ1) is 12.1. The maximum Gasteiger partial charge on any atom is 0.243 e. The van der Waals surface area contributed by atoms with Gasteiger partial charge in [0.05, 0.1) is 18.3 Å². The molecule has 1 aliphatic heterocycles. The molecular formula is C17H18N6OS. The van der Waals surface area contributed by atoms with E-state index in [1.54, 1.807) is 28.4 Å². The highest BCUT2D eigenvalue weighted by Crippen LogP contribution is 2.31. The van der Waals surface area contributed by atoms with Crippen molar-refractivity contribution in [3.63, 3.8) is 0 Å². The summed E-state index contributed by atoms with van der Waals surface area (Å²) in [5.41, 5.74) is 2.35. The first kappa shape index (κ1) is 17.0. The summed E-state index contributed by atoms with van der Waals surface area (Å²) in [4.78, 5) is 17.0. The second kappa shape index (κ2) is 7.40. The van der Waals surface area contributed by atoms with E-state index in [0.29, 0.717) is 31.4 Å². The van der Waals surface area contributed by atoms with E-state index >= 15 is 0 Å². The molecule has 0 radical (unpaired) electrons. The van der Waals surface area contributed by atoms with Crippen LogP contribution in [-0.4, -0.2) is 31.9 Å². The van der Waals surface area contributed by atoms with Gasteiger partial charge in [0.1, 0.15) is 17.1 Å². The Morgan fingerprint density at radius 2 is 2.36 bits per heavy atom. The van der Waals surface area contributed by atoms with Crippen molar-refractivity contribution in [2.45, 2.75) is 38.8 Å². The van der Waals surface area contributed by atoms with Crippen LogP contribution < -0.4 is 0 Å². The number of aromatic nitrogens is 3. The number of thiazole rings is 1. The average Bonchev–Trinajstić information content (AvgIpc) is 3.32. The molecule has 8 heteroatoms. The molecule has 1 aliphatic rings. The third-order valence-corrected chi connectivity index (χ3v) is 4.91. The summed E-state index contributed by atoms with van der Waals surface area (Å²) in [7, 11) is 0. The Morgan fingerprint density at radius 1 is 1.52 bits per heavy atom. The summed E-state index contributed by atoms with van der Waals surface area (Å²) in [6.45, 7) is 6.44. The highest BCUT2D eigenvalue weighted by molar-refractivity contribution is 7.09. The van der Waals surface area contributed by atoms with Crippen LogP contribution in [0.1, 0.15) is 41.6 Å². The van der Waals surface area contributed by atoms with Crippen LogP contribution in [0.3, 0.4) is 0 Å². The van der Waals surface area contributed by atoms with Crippen molar-refractivity contribution in [3.05, 3.63) is 46.2 Å². The first-order valence-corrected chi connectivity index (χ1v) is 8.80. The van der Waals surface area contributed by atoms with E-state index in [1.807, 2.05) is 18.4 Å². The van der Waals surface area contributed by atoms with Crippen LogP contribution in [-0.2, 0) is 11.3 Å². The van der Waals surface area contributed by atoms with Crippen molar-refractivity contribution >= 4 is 23.5 Å².